The molecule has 1 aliphatic heterocycles. The first kappa shape index (κ1) is 26.7. The molecule has 3 aromatic carbocycles. The van der Waals surface area contributed by atoms with Crippen molar-refractivity contribution in [2.24, 2.45) is 0 Å². The Balaban J connectivity index is 1.67. The summed E-state index contributed by atoms with van der Waals surface area (Å²) in [5.41, 5.74) is 0.788. The molecule has 0 spiro atoms. The van der Waals surface area contributed by atoms with Crippen molar-refractivity contribution >= 4 is 56.5 Å². The van der Waals surface area contributed by atoms with Crippen LogP contribution in [0.25, 0.3) is 0 Å². The van der Waals surface area contributed by atoms with Gasteiger partial charge in [0.1, 0.15) is 11.6 Å². The second-order valence-electron chi connectivity index (χ2n) is 7.98. The van der Waals surface area contributed by atoms with E-state index in [9.17, 15) is 22.4 Å². The topological polar surface area (TPSA) is 102 Å². The van der Waals surface area contributed by atoms with Gasteiger partial charge in [0.15, 0.2) is 0 Å². The van der Waals surface area contributed by atoms with Gasteiger partial charge < -0.3 is 14.8 Å². The number of nitrogens with one attached hydrogen (secondary N) is 1. The molecule has 194 valence electrons. The summed E-state index contributed by atoms with van der Waals surface area (Å²) in [7, 11) is -2.65. The zero-order chi connectivity index (χ0) is 26.9. The Hall–Kier alpha value is -3.34. The molecule has 0 saturated carbocycles. The predicted molar refractivity (Wildman–Crippen MR) is 138 cm³/mol. The Kier molecular flexibility index (Phi) is 7.63. The molecule has 0 saturated heterocycles. The van der Waals surface area contributed by atoms with Gasteiger partial charge in [0.25, 0.3) is 15.9 Å². The molecule has 0 aromatic heterocycles. The molecule has 0 bridgehead atoms. The van der Waals surface area contributed by atoms with Crippen molar-refractivity contribution in [3.8, 4) is 5.75 Å². The van der Waals surface area contributed by atoms with Crippen LogP contribution in [-0.4, -0.2) is 40.6 Å². The van der Waals surface area contributed by atoms with Gasteiger partial charge in [-0.05, 0) is 61.9 Å². The molecule has 1 N–H and O–H groups in total. The van der Waals surface area contributed by atoms with Crippen molar-refractivity contribution in [1.82, 2.24) is 0 Å². The number of rotatable bonds is 7. The van der Waals surface area contributed by atoms with E-state index in [2.05, 4.69) is 5.32 Å². The number of halogens is 3. The number of amides is 1. The molecular formula is C25H21Cl2FN2O6S. The highest BCUT2D eigenvalue weighted by molar-refractivity contribution is 7.92. The average Bonchev–Trinajstić information content (AvgIpc) is 3.28. The van der Waals surface area contributed by atoms with E-state index < -0.39 is 27.7 Å². The SMILES string of the molecule is CCOC(=O)c1ccc(NC(=O)c2cc(OC)c3c(c2)N(S(=O)(=O)c2cc(Cl)cc(Cl)c2)CC3)cc1F. The van der Waals surface area contributed by atoms with E-state index in [1.165, 1.54) is 49.6 Å². The summed E-state index contributed by atoms with van der Waals surface area (Å²) in [5.74, 6) is -1.99. The van der Waals surface area contributed by atoms with Crippen molar-refractivity contribution in [3.05, 3.63) is 81.1 Å². The zero-order valence-corrected chi connectivity index (χ0v) is 22.0. The van der Waals surface area contributed by atoms with Crippen molar-refractivity contribution < 1.29 is 31.9 Å². The second kappa shape index (κ2) is 10.6. The number of esters is 1. The first-order valence-corrected chi connectivity index (χ1v) is 13.2. The number of hydrogen-bond acceptors (Lipinski definition) is 6. The van der Waals surface area contributed by atoms with E-state index in [0.29, 0.717) is 17.7 Å². The van der Waals surface area contributed by atoms with Gasteiger partial charge in [-0.1, -0.05) is 23.2 Å². The fraction of sp³-hybridized carbons (Fsp3) is 0.200. The minimum atomic E-state index is -4.06. The lowest BCUT2D eigenvalue weighted by atomic mass is 10.1. The van der Waals surface area contributed by atoms with Crippen LogP contribution in [0, 0.1) is 5.82 Å². The number of benzene rings is 3. The van der Waals surface area contributed by atoms with Crippen molar-refractivity contribution in [1.29, 1.82) is 0 Å². The van der Waals surface area contributed by atoms with Gasteiger partial charge >= 0.3 is 5.97 Å². The lowest BCUT2D eigenvalue weighted by molar-refractivity contribution is 0.0521. The van der Waals surface area contributed by atoms with Gasteiger partial charge in [-0.25, -0.2) is 17.6 Å². The van der Waals surface area contributed by atoms with Gasteiger partial charge in [0, 0.05) is 33.4 Å². The highest BCUT2D eigenvalue weighted by atomic mass is 35.5. The van der Waals surface area contributed by atoms with Crippen LogP contribution in [0.5, 0.6) is 5.75 Å². The van der Waals surface area contributed by atoms with Crippen molar-refractivity contribution in [3.63, 3.8) is 0 Å². The largest absolute Gasteiger partial charge is 0.496 e. The fourth-order valence-corrected chi connectivity index (χ4v) is 6.19. The van der Waals surface area contributed by atoms with Gasteiger partial charge in [-0.15, -0.1) is 0 Å². The van der Waals surface area contributed by atoms with Crippen molar-refractivity contribution in [2.75, 3.05) is 29.9 Å². The first-order chi connectivity index (χ1) is 17.5. The Morgan fingerprint density at radius 3 is 2.41 bits per heavy atom. The van der Waals surface area contributed by atoms with Crippen LogP contribution in [0.1, 0.15) is 33.2 Å². The minimum Gasteiger partial charge on any atom is -0.496 e. The Morgan fingerprint density at radius 2 is 1.78 bits per heavy atom. The van der Waals surface area contributed by atoms with E-state index in [-0.39, 0.29) is 50.6 Å². The van der Waals surface area contributed by atoms with Crippen molar-refractivity contribution in [2.45, 2.75) is 18.2 Å². The zero-order valence-electron chi connectivity index (χ0n) is 19.7. The maximum absolute atomic E-state index is 14.4. The highest BCUT2D eigenvalue weighted by Gasteiger charge is 2.34. The molecule has 0 atom stereocenters. The molecule has 12 heteroatoms. The second-order valence-corrected chi connectivity index (χ2v) is 10.7. The van der Waals surface area contributed by atoms with Crippen LogP contribution < -0.4 is 14.4 Å². The summed E-state index contributed by atoms with van der Waals surface area (Å²) in [5, 5.41) is 2.88. The van der Waals surface area contributed by atoms with E-state index in [4.69, 9.17) is 32.7 Å². The summed E-state index contributed by atoms with van der Waals surface area (Å²) in [6.45, 7) is 1.81. The molecule has 1 aliphatic rings. The molecule has 0 fully saturated rings. The molecule has 0 unspecified atom stereocenters. The number of nitrogens with zero attached hydrogens (tertiary/aromatic N) is 1. The van der Waals surface area contributed by atoms with E-state index >= 15 is 0 Å². The third kappa shape index (κ3) is 5.36. The van der Waals surface area contributed by atoms with E-state index in [1.54, 1.807) is 6.92 Å². The molecule has 0 radical (unpaired) electrons. The van der Waals surface area contributed by atoms with Crippen LogP contribution >= 0.6 is 23.2 Å². The minimum absolute atomic E-state index is 0.0803. The number of carbonyl (C=O) groups excluding carboxylic acids is 2. The number of methoxy groups -OCH3 is 1. The Bertz CT molecular complexity index is 1490. The number of sulfonamides is 1. The van der Waals surface area contributed by atoms with Gasteiger partial charge in [0.05, 0.1) is 29.9 Å². The molecule has 0 aliphatic carbocycles. The normalized spacial score (nSPS) is 12.7. The van der Waals surface area contributed by atoms with Crippen LogP contribution in [0.15, 0.2) is 53.4 Å². The van der Waals surface area contributed by atoms with Gasteiger partial charge in [-0.3, -0.25) is 9.10 Å². The summed E-state index contributed by atoms with van der Waals surface area (Å²) < 4.78 is 52.7. The molecule has 1 heterocycles. The third-order valence-electron chi connectivity index (χ3n) is 5.65. The number of fused-ring (bicyclic) bond motifs is 1. The molecular weight excluding hydrogens is 546 g/mol. The quantitative estimate of drug-likeness (QED) is 0.388. The fourth-order valence-electron chi connectivity index (χ4n) is 3.98. The molecule has 4 rings (SSSR count). The number of carbonyl (C=O) groups is 2. The Labute approximate surface area is 222 Å². The molecule has 1 amide bonds. The van der Waals surface area contributed by atoms with Crippen LogP contribution in [0.4, 0.5) is 15.8 Å². The monoisotopic (exact) mass is 566 g/mol. The number of hydrogen-bond donors (Lipinski definition) is 1. The summed E-state index contributed by atoms with van der Waals surface area (Å²) in [6.07, 6.45) is 0.356. The van der Waals surface area contributed by atoms with Gasteiger partial charge in [0.2, 0.25) is 0 Å². The van der Waals surface area contributed by atoms with Crippen LogP contribution in [-0.2, 0) is 21.2 Å². The lowest BCUT2D eigenvalue weighted by Gasteiger charge is -2.21. The summed E-state index contributed by atoms with van der Waals surface area (Å²) in [4.78, 5) is 24.8. The molecule has 8 nitrogen and oxygen atoms in total. The standard InChI is InChI=1S/C25H21Cl2FN2O6S/c1-3-36-25(32)19-5-4-17(13-21(19)28)29-24(31)14-8-22-20(23(9-14)35-2)6-7-30(22)37(33,34)18-11-15(26)10-16(27)12-18/h4-5,8-13H,3,6-7H2,1-2H3,(H,29,31). The van der Waals surface area contributed by atoms with Crippen LogP contribution in [0.2, 0.25) is 10.0 Å². The van der Waals surface area contributed by atoms with E-state index in [1.807, 2.05) is 0 Å². The maximum atomic E-state index is 14.4. The summed E-state index contributed by atoms with van der Waals surface area (Å²) in [6, 6.07) is 10.5. The van der Waals surface area contributed by atoms with Gasteiger partial charge in [-0.2, -0.15) is 0 Å². The molecule has 3 aromatic rings. The number of ether oxygens (including phenoxy) is 2. The third-order valence-corrected chi connectivity index (χ3v) is 7.87. The smallest absolute Gasteiger partial charge is 0.341 e. The molecule has 37 heavy (non-hydrogen) atoms. The maximum Gasteiger partial charge on any atom is 0.341 e. The highest BCUT2D eigenvalue weighted by Crippen LogP contribution is 2.40. The number of anilines is 2. The average molecular weight is 567 g/mol. The predicted octanol–water partition coefficient (Wildman–Crippen LogP) is 5.32. The Morgan fingerprint density at radius 1 is 1.08 bits per heavy atom. The van der Waals surface area contributed by atoms with E-state index in [0.717, 1.165) is 10.4 Å². The van der Waals surface area contributed by atoms with Crippen LogP contribution in [0.3, 0.4) is 0 Å². The summed E-state index contributed by atoms with van der Waals surface area (Å²) >= 11 is 12.0. The first-order valence-electron chi connectivity index (χ1n) is 11.0. The lowest BCUT2D eigenvalue weighted by Crippen LogP contribution is -2.29.